The number of amides is 1. The molecule has 8 bridgehead atoms. The molecule has 0 N–H and O–H groups in total. The molecule has 38 heavy (non-hydrogen) atoms. The minimum atomic E-state index is 0. The number of hydrogen-bond acceptors (Lipinski definition) is 5. The van der Waals surface area contributed by atoms with Crippen LogP contribution in [0.2, 0.25) is 0 Å². The summed E-state index contributed by atoms with van der Waals surface area (Å²) in [4.78, 5) is 22.4. The van der Waals surface area contributed by atoms with Gasteiger partial charge in [-0.15, -0.1) is 24.8 Å². The van der Waals surface area contributed by atoms with Crippen LogP contribution < -0.4 is 9.64 Å². The van der Waals surface area contributed by atoms with Crippen molar-refractivity contribution in [3.05, 3.63) is 83.4 Å². The second kappa shape index (κ2) is 9.95. The molecular formula is C29H27Cl2N5O2. The number of benzene rings is 3. The summed E-state index contributed by atoms with van der Waals surface area (Å²) in [6.07, 6.45) is 3.83. The number of piperazine rings is 1. The molecule has 7 nitrogen and oxygen atoms in total. The van der Waals surface area contributed by atoms with Crippen molar-refractivity contribution in [2.45, 2.75) is 31.8 Å². The van der Waals surface area contributed by atoms with Crippen molar-refractivity contribution in [1.29, 1.82) is 5.26 Å². The lowest BCUT2D eigenvalue weighted by Gasteiger charge is -2.42. The average molecular weight is 548 g/mol. The Hall–Kier alpha value is -3.57. The lowest BCUT2D eigenvalue weighted by molar-refractivity contribution is -0.122. The highest BCUT2D eigenvalue weighted by molar-refractivity contribution is 6.05. The van der Waals surface area contributed by atoms with E-state index < -0.39 is 0 Å². The molecule has 6 aliphatic heterocycles. The van der Waals surface area contributed by atoms with Gasteiger partial charge in [0.2, 0.25) is 5.91 Å². The maximum absolute atomic E-state index is 13.5. The Bertz CT molecular complexity index is 1590. The maximum atomic E-state index is 13.5. The number of imidazole rings is 1. The summed E-state index contributed by atoms with van der Waals surface area (Å²) in [5, 5.41) is 11.8. The predicted molar refractivity (Wildman–Crippen MR) is 151 cm³/mol. The number of aryl methyl sites for hydroxylation is 1. The normalized spacial score (nSPS) is 21.3. The molecule has 7 heterocycles. The molecule has 0 radical (unpaired) electrons. The number of halogens is 2. The number of aromatic nitrogens is 2. The molecule has 9 heteroatoms. The number of anilines is 1. The maximum Gasteiger partial charge on any atom is 0.241 e. The van der Waals surface area contributed by atoms with Gasteiger partial charge in [-0.2, -0.15) is 5.26 Å². The van der Waals surface area contributed by atoms with Crippen LogP contribution in [-0.4, -0.2) is 40.0 Å². The van der Waals surface area contributed by atoms with Crippen molar-refractivity contribution in [2.75, 3.05) is 24.5 Å². The number of rotatable bonds is 0. The van der Waals surface area contributed by atoms with Gasteiger partial charge in [0.15, 0.2) is 0 Å². The van der Waals surface area contributed by atoms with E-state index >= 15 is 0 Å². The molecule has 1 amide bonds. The van der Waals surface area contributed by atoms with Crippen molar-refractivity contribution < 1.29 is 9.53 Å². The molecule has 0 spiro atoms. The minimum absolute atomic E-state index is 0. The molecular weight excluding hydrogens is 521 g/mol. The zero-order valence-electron chi connectivity index (χ0n) is 20.8. The fourth-order valence-electron chi connectivity index (χ4n) is 6.20. The van der Waals surface area contributed by atoms with Gasteiger partial charge >= 0.3 is 0 Å². The third-order valence-electron chi connectivity index (χ3n) is 7.93. The Labute approximate surface area is 233 Å². The van der Waals surface area contributed by atoms with E-state index in [1.807, 2.05) is 72.6 Å². The minimum Gasteiger partial charge on any atom is -0.456 e. The SMILES string of the molecule is Cc1ncc2n1[C@H]1CC[C@@H]2N2CCN(C(=O)C2)c2cccc3ccc(cc23)Oc2cc1ccc2C#N.Cl.Cl. The van der Waals surface area contributed by atoms with E-state index in [0.29, 0.717) is 30.2 Å². The smallest absolute Gasteiger partial charge is 0.241 e. The van der Waals surface area contributed by atoms with Gasteiger partial charge in [-0.1, -0.05) is 24.3 Å². The van der Waals surface area contributed by atoms with Crippen LogP contribution in [0.1, 0.15) is 47.6 Å². The van der Waals surface area contributed by atoms with Crippen LogP contribution in [0.5, 0.6) is 11.5 Å². The number of carbonyl (C=O) groups is 1. The van der Waals surface area contributed by atoms with E-state index in [9.17, 15) is 10.1 Å². The summed E-state index contributed by atoms with van der Waals surface area (Å²) < 4.78 is 8.66. The lowest BCUT2D eigenvalue weighted by atomic mass is 9.91. The van der Waals surface area contributed by atoms with Crippen LogP contribution in [0.4, 0.5) is 5.69 Å². The number of ether oxygens (including phenoxy) is 1. The quantitative estimate of drug-likeness (QED) is 0.272. The number of nitriles is 1. The van der Waals surface area contributed by atoms with E-state index in [0.717, 1.165) is 52.9 Å². The van der Waals surface area contributed by atoms with E-state index in [2.05, 4.69) is 20.5 Å². The van der Waals surface area contributed by atoms with Crippen LogP contribution in [0, 0.1) is 18.3 Å². The molecule has 194 valence electrons. The van der Waals surface area contributed by atoms with Gasteiger partial charge in [-0.25, -0.2) is 4.98 Å². The highest BCUT2D eigenvalue weighted by Crippen LogP contribution is 2.42. The molecule has 3 aromatic carbocycles. The molecule has 3 atom stereocenters. The molecule has 1 saturated heterocycles. The molecule has 10 rings (SSSR count). The summed E-state index contributed by atoms with van der Waals surface area (Å²) >= 11 is 0. The van der Waals surface area contributed by atoms with Crippen LogP contribution >= 0.6 is 24.8 Å². The van der Waals surface area contributed by atoms with Crippen molar-refractivity contribution in [1.82, 2.24) is 14.5 Å². The van der Waals surface area contributed by atoms with Gasteiger partial charge in [-0.3, -0.25) is 9.69 Å². The van der Waals surface area contributed by atoms with Crippen molar-refractivity contribution in [2.24, 2.45) is 0 Å². The first-order chi connectivity index (χ1) is 17.6. The fourth-order valence-corrected chi connectivity index (χ4v) is 6.20. The highest BCUT2D eigenvalue weighted by Gasteiger charge is 2.37. The second-order valence-corrected chi connectivity index (χ2v) is 9.85. The van der Waals surface area contributed by atoms with Crippen LogP contribution in [0.3, 0.4) is 0 Å². The first-order valence-corrected chi connectivity index (χ1v) is 12.4. The van der Waals surface area contributed by atoms with Gasteiger partial charge in [0.05, 0.1) is 41.8 Å². The molecule has 0 aliphatic carbocycles. The Morgan fingerprint density at radius 3 is 2.68 bits per heavy atom. The van der Waals surface area contributed by atoms with Crippen LogP contribution in [0.15, 0.2) is 60.8 Å². The zero-order chi connectivity index (χ0) is 24.4. The lowest BCUT2D eigenvalue weighted by Crippen LogP contribution is -2.52. The predicted octanol–water partition coefficient (Wildman–Crippen LogP) is 5.94. The molecule has 0 saturated carbocycles. The van der Waals surface area contributed by atoms with Crippen molar-refractivity contribution >= 4 is 47.2 Å². The van der Waals surface area contributed by atoms with Crippen molar-refractivity contribution in [3.63, 3.8) is 0 Å². The second-order valence-electron chi connectivity index (χ2n) is 9.85. The largest absolute Gasteiger partial charge is 0.456 e. The Kier molecular flexibility index (Phi) is 6.83. The number of carbonyl (C=O) groups excluding carboxylic acids is 1. The molecule has 1 aromatic heterocycles. The molecule has 4 aromatic rings. The fraction of sp³-hybridized carbons (Fsp3) is 0.276. The Balaban J connectivity index is 0.00000147. The van der Waals surface area contributed by atoms with E-state index in [-0.39, 0.29) is 42.8 Å². The standard InChI is InChI=1S/C29H25N5O2.2ClH/c1-18-31-16-27-26-10-9-24(34(18)27)20-5-6-21(15-30)28(13-20)36-22-8-7-19-3-2-4-25(23(19)14-22)33-12-11-32(26)17-29(33)35;;/h2-8,13-14,16,24,26H,9-12,17H2,1H3;2*1H/t24-,26-;;/m0../s1. The van der Waals surface area contributed by atoms with Gasteiger partial charge in [-0.05, 0) is 61.0 Å². The zero-order valence-corrected chi connectivity index (χ0v) is 22.5. The molecule has 6 aliphatic rings. The van der Waals surface area contributed by atoms with Gasteiger partial charge in [0.25, 0.3) is 0 Å². The average Bonchev–Trinajstić information content (AvgIpc) is 3.29. The summed E-state index contributed by atoms with van der Waals surface area (Å²) in [5.41, 5.74) is 3.64. The van der Waals surface area contributed by atoms with Crippen LogP contribution in [-0.2, 0) is 4.79 Å². The van der Waals surface area contributed by atoms with Gasteiger partial charge in [0.1, 0.15) is 23.4 Å². The summed E-state index contributed by atoms with van der Waals surface area (Å²) in [7, 11) is 0. The third-order valence-corrected chi connectivity index (χ3v) is 7.93. The number of hydrogen-bond donors (Lipinski definition) is 0. The topological polar surface area (TPSA) is 74.4 Å². The molecule has 1 unspecified atom stereocenters. The third kappa shape index (κ3) is 4.01. The van der Waals surface area contributed by atoms with Gasteiger partial charge in [0, 0.05) is 18.5 Å². The monoisotopic (exact) mass is 547 g/mol. The highest BCUT2D eigenvalue weighted by atomic mass is 35.5. The summed E-state index contributed by atoms with van der Waals surface area (Å²) in [6, 6.07) is 20.4. The first-order valence-electron chi connectivity index (χ1n) is 12.4. The van der Waals surface area contributed by atoms with E-state index in [4.69, 9.17) is 4.74 Å². The first kappa shape index (κ1) is 26.1. The summed E-state index contributed by atoms with van der Waals surface area (Å²) in [5.74, 6) is 2.25. The van der Waals surface area contributed by atoms with E-state index in [1.54, 1.807) is 0 Å². The van der Waals surface area contributed by atoms with Gasteiger partial charge < -0.3 is 14.2 Å². The Morgan fingerprint density at radius 2 is 1.87 bits per heavy atom. The van der Waals surface area contributed by atoms with Crippen LogP contribution in [0.25, 0.3) is 10.8 Å². The number of nitrogens with zero attached hydrogens (tertiary/aromatic N) is 5. The van der Waals surface area contributed by atoms with E-state index in [1.165, 1.54) is 0 Å². The van der Waals surface area contributed by atoms with Crippen molar-refractivity contribution in [3.8, 4) is 17.6 Å². The molecule has 1 fully saturated rings. The Morgan fingerprint density at radius 1 is 1.03 bits per heavy atom. The summed E-state index contributed by atoms with van der Waals surface area (Å²) in [6.45, 7) is 3.85.